The smallest absolute Gasteiger partial charge is 0.262 e. The van der Waals surface area contributed by atoms with Gasteiger partial charge in [0.2, 0.25) is 5.91 Å². The highest BCUT2D eigenvalue weighted by molar-refractivity contribution is 7.92. The summed E-state index contributed by atoms with van der Waals surface area (Å²) in [6.07, 6.45) is 3.92. The van der Waals surface area contributed by atoms with E-state index in [0.717, 1.165) is 25.7 Å². The Labute approximate surface area is 166 Å². The molecule has 2 aromatic rings. The standard InChI is InChI=1S/C21H26N2O4S/c1-3-27-19-12-10-17(11-13-19)23-28(25,26)20-14-18(9-8-15(20)2)22-21(24)16-6-4-5-7-16/h8-14,16,23H,3-7H2,1-2H3,(H,22,24). The lowest BCUT2D eigenvalue weighted by Crippen LogP contribution is -2.21. The lowest BCUT2D eigenvalue weighted by molar-refractivity contribution is -0.119. The third kappa shape index (κ3) is 4.84. The number of hydrogen-bond acceptors (Lipinski definition) is 4. The van der Waals surface area contributed by atoms with E-state index in [0.29, 0.717) is 29.3 Å². The molecule has 0 unspecified atom stereocenters. The summed E-state index contributed by atoms with van der Waals surface area (Å²) < 4.78 is 33.7. The molecule has 0 bridgehead atoms. The predicted octanol–water partition coefficient (Wildman–Crippen LogP) is 4.32. The number of ether oxygens (including phenoxy) is 1. The van der Waals surface area contributed by atoms with Crippen molar-refractivity contribution in [3.05, 3.63) is 48.0 Å². The molecule has 150 valence electrons. The van der Waals surface area contributed by atoms with Crippen LogP contribution in [-0.4, -0.2) is 20.9 Å². The quantitative estimate of drug-likeness (QED) is 0.722. The fraction of sp³-hybridized carbons (Fsp3) is 0.381. The summed E-state index contributed by atoms with van der Waals surface area (Å²) in [5.41, 5.74) is 1.55. The van der Waals surface area contributed by atoms with Crippen LogP contribution in [0.15, 0.2) is 47.4 Å². The molecule has 6 nitrogen and oxygen atoms in total. The number of aryl methyl sites for hydroxylation is 1. The fourth-order valence-electron chi connectivity index (χ4n) is 3.40. The Balaban J connectivity index is 1.77. The van der Waals surface area contributed by atoms with E-state index in [4.69, 9.17) is 4.74 Å². The van der Waals surface area contributed by atoms with Gasteiger partial charge < -0.3 is 10.1 Å². The number of sulfonamides is 1. The van der Waals surface area contributed by atoms with E-state index in [1.165, 1.54) is 6.07 Å². The lowest BCUT2D eigenvalue weighted by Gasteiger charge is -2.14. The van der Waals surface area contributed by atoms with E-state index in [9.17, 15) is 13.2 Å². The van der Waals surface area contributed by atoms with Crippen LogP contribution in [0, 0.1) is 12.8 Å². The number of hydrogen-bond donors (Lipinski definition) is 2. The number of amides is 1. The number of carbonyl (C=O) groups is 1. The van der Waals surface area contributed by atoms with Gasteiger partial charge in [-0.1, -0.05) is 18.9 Å². The minimum absolute atomic E-state index is 0.0170. The number of rotatable bonds is 7. The van der Waals surface area contributed by atoms with Gasteiger partial charge in [-0.2, -0.15) is 0 Å². The van der Waals surface area contributed by atoms with Gasteiger partial charge in [0.1, 0.15) is 5.75 Å². The Morgan fingerprint density at radius 2 is 1.71 bits per heavy atom. The van der Waals surface area contributed by atoms with Crippen molar-refractivity contribution in [2.75, 3.05) is 16.6 Å². The Bertz CT molecular complexity index is 933. The maximum absolute atomic E-state index is 12.9. The molecule has 1 amide bonds. The first-order valence-corrected chi connectivity index (χ1v) is 11.0. The molecule has 0 atom stereocenters. The molecule has 28 heavy (non-hydrogen) atoms. The van der Waals surface area contributed by atoms with Crippen LogP contribution >= 0.6 is 0 Å². The number of nitrogens with one attached hydrogen (secondary N) is 2. The van der Waals surface area contributed by atoms with E-state index in [1.54, 1.807) is 43.3 Å². The molecular formula is C21H26N2O4S. The molecule has 2 aromatic carbocycles. The summed E-state index contributed by atoms with van der Waals surface area (Å²) in [7, 11) is -3.79. The molecule has 0 radical (unpaired) electrons. The maximum atomic E-state index is 12.9. The van der Waals surface area contributed by atoms with Crippen molar-refractivity contribution in [3.8, 4) is 5.75 Å². The average molecular weight is 403 g/mol. The fourth-order valence-corrected chi connectivity index (χ4v) is 4.73. The molecule has 1 saturated carbocycles. The van der Waals surface area contributed by atoms with Gasteiger partial charge in [-0.3, -0.25) is 9.52 Å². The van der Waals surface area contributed by atoms with Crippen molar-refractivity contribution in [1.82, 2.24) is 0 Å². The summed E-state index contributed by atoms with van der Waals surface area (Å²) in [4.78, 5) is 12.5. The Morgan fingerprint density at radius 3 is 2.36 bits per heavy atom. The first kappa shape index (κ1) is 20.2. The van der Waals surface area contributed by atoms with Gasteiger partial charge in [0.25, 0.3) is 10.0 Å². The van der Waals surface area contributed by atoms with Crippen LogP contribution in [0.3, 0.4) is 0 Å². The SMILES string of the molecule is CCOc1ccc(NS(=O)(=O)c2cc(NC(=O)C3CCCC3)ccc2C)cc1. The molecule has 1 aliphatic carbocycles. The minimum atomic E-state index is -3.79. The van der Waals surface area contributed by atoms with Crippen molar-refractivity contribution in [2.45, 2.75) is 44.4 Å². The molecule has 0 aliphatic heterocycles. The van der Waals surface area contributed by atoms with Crippen LogP contribution in [0.2, 0.25) is 0 Å². The molecule has 0 saturated heterocycles. The van der Waals surface area contributed by atoms with E-state index in [1.807, 2.05) is 6.92 Å². The van der Waals surface area contributed by atoms with Gasteiger partial charge in [0, 0.05) is 17.3 Å². The van der Waals surface area contributed by atoms with Gasteiger partial charge >= 0.3 is 0 Å². The van der Waals surface area contributed by atoms with Crippen molar-refractivity contribution >= 4 is 27.3 Å². The minimum Gasteiger partial charge on any atom is -0.494 e. The van der Waals surface area contributed by atoms with Crippen molar-refractivity contribution in [2.24, 2.45) is 5.92 Å². The van der Waals surface area contributed by atoms with Crippen LogP contribution in [-0.2, 0) is 14.8 Å². The van der Waals surface area contributed by atoms with Gasteiger partial charge in [-0.25, -0.2) is 8.42 Å². The number of carbonyl (C=O) groups excluding carboxylic acids is 1. The zero-order valence-electron chi connectivity index (χ0n) is 16.2. The topological polar surface area (TPSA) is 84.5 Å². The molecule has 0 heterocycles. The van der Waals surface area contributed by atoms with Crippen LogP contribution in [0.1, 0.15) is 38.2 Å². The Kier molecular flexibility index (Phi) is 6.24. The first-order chi connectivity index (χ1) is 13.4. The third-order valence-electron chi connectivity index (χ3n) is 4.89. The molecule has 1 aliphatic rings. The summed E-state index contributed by atoms with van der Waals surface area (Å²) >= 11 is 0. The average Bonchev–Trinajstić information content (AvgIpc) is 3.20. The summed E-state index contributed by atoms with van der Waals surface area (Å²) in [5.74, 6) is 0.658. The predicted molar refractivity (Wildman–Crippen MR) is 110 cm³/mol. The van der Waals surface area contributed by atoms with Crippen molar-refractivity contribution in [3.63, 3.8) is 0 Å². The summed E-state index contributed by atoms with van der Waals surface area (Å²) in [5, 5.41) is 2.86. The van der Waals surface area contributed by atoms with E-state index < -0.39 is 10.0 Å². The molecular weight excluding hydrogens is 376 g/mol. The van der Waals surface area contributed by atoms with Crippen LogP contribution in [0.5, 0.6) is 5.75 Å². The van der Waals surface area contributed by atoms with Crippen molar-refractivity contribution < 1.29 is 17.9 Å². The highest BCUT2D eigenvalue weighted by Gasteiger charge is 2.23. The second-order valence-electron chi connectivity index (χ2n) is 7.01. The number of anilines is 2. The lowest BCUT2D eigenvalue weighted by atomic mass is 10.1. The second-order valence-corrected chi connectivity index (χ2v) is 8.66. The van der Waals surface area contributed by atoms with Gasteiger partial charge in [-0.05, 0) is 68.7 Å². The van der Waals surface area contributed by atoms with Crippen LogP contribution in [0.4, 0.5) is 11.4 Å². The highest BCUT2D eigenvalue weighted by Crippen LogP contribution is 2.28. The molecule has 0 aromatic heterocycles. The van der Waals surface area contributed by atoms with E-state index in [2.05, 4.69) is 10.0 Å². The number of benzene rings is 2. The molecule has 2 N–H and O–H groups in total. The van der Waals surface area contributed by atoms with Gasteiger partial charge in [0.05, 0.1) is 11.5 Å². The molecule has 1 fully saturated rings. The van der Waals surface area contributed by atoms with Crippen molar-refractivity contribution in [1.29, 1.82) is 0 Å². The summed E-state index contributed by atoms with van der Waals surface area (Å²) in [6.45, 7) is 4.16. The normalized spacial score (nSPS) is 14.6. The Hall–Kier alpha value is -2.54. The van der Waals surface area contributed by atoms with E-state index in [-0.39, 0.29) is 16.7 Å². The highest BCUT2D eigenvalue weighted by atomic mass is 32.2. The van der Waals surface area contributed by atoms with Gasteiger partial charge in [0.15, 0.2) is 0 Å². The first-order valence-electron chi connectivity index (χ1n) is 9.56. The molecule has 0 spiro atoms. The monoisotopic (exact) mass is 402 g/mol. The van der Waals surface area contributed by atoms with Crippen LogP contribution in [0.25, 0.3) is 0 Å². The molecule has 7 heteroatoms. The Morgan fingerprint density at radius 1 is 1.07 bits per heavy atom. The van der Waals surface area contributed by atoms with E-state index >= 15 is 0 Å². The molecule has 3 rings (SSSR count). The third-order valence-corrected chi connectivity index (χ3v) is 6.41. The zero-order chi connectivity index (χ0) is 20.1. The second kappa shape index (κ2) is 8.65. The van der Waals surface area contributed by atoms with Crippen LogP contribution < -0.4 is 14.8 Å². The zero-order valence-corrected chi connectivity index (χ0v) is 17.0. The summed E-state index contributed by atoms with van der Waals surface area (Å²) in [6, 6.07) is 11.7. The maximum Gasteiger partial charge on any atom is 0.262 e. The largest absolute Gasteiger partial charge is 0.494 e. The van der Waals surface area contributed by atoms with Gasteiger partial charge in [-0.15, -0.1) is 0 Å².